The summed E-state index contributed by atoms with van der Waals surface area (Å²) in [7, 11) is 1.78. The molecule has 42 heavy (non-hydrogen) atoms. The second-order valence-electron chi connectivity index (χ2n) is 13.4. The minimum atomic E-state index is -0.122. The Morgan fingerprint density at radius 2 is 1.88 bits per heavy atom. The second kappa shape index (κ2) is 13.2. The van der Waals surface area contributed by atoms with E-state index in [1.54, 1.807) is 7.11 Å². The molecule has 3 unspecified atom stereocenters. The molecular weight excluding hydrogens is 522 g/mol. The van der Waals surface area contributed by atoms with Gasteiger partial charge in [0.05, 0.1) is 29.4 Å². The first-order chi connectivity index (χ1) is 20.3. The normalized spacial score (nSPS) is 22.0. The molecule has 3 atom stereocenters. The van der Waals surface area contributed by atoms with E-state index in [4.69, 9.17) is 9.72 Å². The Labute approximate surface area is 254 Å². The highest BCUT2D eigenvalue weighted by atomic mass is 16.5. The number of nitrogens with one attached hydrogen (secondary N) is 1. The van der Waals surface area contributed by atoms with Crippen LogP contribution in [0, 0.1) is 5.41 Å². The largest absolute Gasteiger partial charge is 0.396 e. The van der Waals surface area contributed by atoms with Crippen LogP contribution in [0.5, 0.6) is 0 Å². The maximum atomic E-state index is 10.2. The summed E-state index contributed by atoms with van der Waals surface area (Å²) in [5.74, 6) is 0.221. The van der Waals surface area contributed by atoms with E-state index in [-0.39, 0.29) is 30.1 Å². The highest BCUT2D eigenvalue weighted by Gasteiger charge is 2.37. The summed E-state index contributed by atoms with van der Waals surface area (Å²) in [5.41, 5.74) is 8.97. The molecule has 0 aromatic carbocycles. The number of ether oxygens (including phenoxy) is 1. The van der Waals surface area contributed by atoms with Gasteiger partial charge in [0.1, 0.15) is 0 Å². The van der Waals surface area contributed by atoms with Crippen molar-refractivity contribution >= 4 is 11.8 Å². The molecule has 232 valence electrons. The van der Waals surface area contributed by atoms with Crippen molar-refractivity contribution < 1.29 is 9.84 Å². The molecule has 3 aliphatic rings. The van der Waals surface area contributed by atoms with E-state index in [9.17, 15) is 5.11 Å². The average Bonchev–Trinajstić information content (AvgIpc) is 3.81. The molecule has 7 nitrogen and oxygen atoms in total. The predicted octanol–water partition coefficient (Wildman–Crippen LogP) is 6.01. The van der Waals surface area contributed by atoms with Gasteiger partial charge < -0.3 is 24.6 Å². The molecule has 3 heterocycles. The average molecular weight is 578 g/mol. The maximum absolute atomic E-state index is 10.2. The first kappa shape index (κ1) is 31.2. The highest BCUT2D eigenvalue weighted by molar-refractivity contribution is 5.77. The number of hydrogen-bond acceptors (Lipinski definition) is 6. The Balaban J connectivity index is 1.69. The van der Waals surface area contributed by atoms with Crippen LogP contribution >= 0.6 is 0 Å². The zero-order chi connectivity index (χ0) is 30.0. The molecule has 1 saturated carbocycles. The lowest BCUT2D eigenvalue weighted by Gasteiger charge is -2.36. The lowest BCUT2D eigenvalue weighted by atomic mass is 9.76. The zero-order valence-corrected chi connectivity index (χ0v) is 27.2. The van der Waals surface area contributed by atoms with E-state index in [2.05, 4.69) is 85.6 Å². The number of pyridine rings is 1. The van der Waals surface area contributed by atoms with Gasteiger partial charge in [-0.1, -0.05) is 40.2 Å². The predicted molar refractivity (Wildman–Crippen MR) is 174 cm³/mol. The molecule has 2 aliphatic carbocycles. The SMILES string of the molecule is CCNC1C=Cc2c(c(CC(C)(C)CC)c(-c3cc(N4CCN(C5CC5)CC4)cnc3C(C)OC)n2CC)C1CCO. The summed E-state index contributed by atoms with van der Waals surface area (Å²) in [4.78, 5) is 10.3. The zero-order valence-electron chi connectivity index (χ0n) is 27.2. The number of piperazine rings is 1. The number of rotatable bonds is 13. The molecule has 0 radical (unpaired) electrons. The van der Waals surface area contributed by atoms with Crippen molar-refractivity contribution in [1.82, 2.24) is 19.8 Å². The van der Waals surface area contributed by atoms with Crippen LogP contribution in [0.1, 0.15) is 102 Å². The fourth-order valence-electron chi connectivity index (χ4n) is 7.19. The van der Waals surface area contributed by atoms with Crippen LogP contribution in [0.15, 0.2) is 18.3 Å². The Hall–Kier alpha value is -2.19. The third-order valence-electron chi connectivity index (χ3n) is 10.2. The third kappa shape index (κ3) is 6.21. The van der Waals surface area contributed by atoms with Gasteiger partial charge in [-0.25, -0.2) is 0 Å². The molecule has 0 amide bonds. The number of anilines is 1. The molecular formula is C35H55N5O2. The molecule has 1 saturated heterocycles. The van der Waals surface area contributed by atoms with Gasteiger partial charge in [-0.15, -0.1) is 0 Å². The first-order valence-corrected chi connectivity index (χ1v) is 16.6. The van der Waals surface area contributed by atoms with E-state index < -0.39 is 0 Å². The fourth-order valence-corrected chi connectivity index (χ4v) is 7.19. The number of aliphatic hydroxyl groups excluding tert-OH is 1. The number of hydrogen-bond donors (Lipinski definition) is 2. The van der Waals surface area contributed by atoms with Crippen molar-refractivity contribution in [2.24, 2.45) is 5.41 Å². The topological polar surface area (TPSA) is 65.8 Å². The van der Waals surface area contributed by atoms with Crippen molar-refractivity contribution in [1.29, 1.82) is 0 Å². The van der Waals surface area contributed by atoms with Crippen molar-refractivity contribution in [2.75, 3.05) is 51.3 Å². The van der Waals surface area contributed by atoms with Crippen LogP contribution in [-0.4, -0.2) is 78.1 Å². The molecule has 0 spiro atoms. The first-order valence-electron chi connectivity index (χ1n) is 16.6. The number of nitrogens with zero attached hydrogens (tertiary/aromatic N) is 4. The Kier molecular flexibility index (Phi) is 9.83. The second-order valence-corrected chi connectivity index (χ2v) is 13.4. The van der Waals surface area contributed by atoms with Gasteiger partial charge in [-0.3, -0.25) is 9.88 Å². The molecule has 2 aromatic heterocycles. The maximum Gasteiger partial charge on any atom is 0.0969 e. The van der Waals surface area contributed by atoms with Gasteiger partial charge in [-0.2, -0.15) is 0 Å². The highest BCUT2D eigenvalue weighted by Crippen LogP contribution is 2.46. The van der Waals surface area contributed by atoms with Crippen LogP contribution in [0.25, 0.3) is 17.3 Å². The van der Waals surface area contributed by atoms with Crippen LogP contribution in [0.4, 0.5) is 5.69 Å². The van der Waals surface area contributed by atoms with E-state index in [1.165, 1.54) is 46.6 Å². The van der Waals surface area contributed by atoms with Crippen LogP contribution in [0.3, 0.4) is 0 Å². The summed E-state index contributed by atoms with van der Waals surface area (Å²) in [6.45, 7) is 19.9. The Bertz CT molecular complexity index is 1240. The monoisotopic (exact) mass is 577 g/mol. The molecule has 2 N–H and O–H groups in total. The number of likely N-dealkylation sites (N-methyl/N-ethyl adjacent to an activating group) is 1. The van der Waals surface area contributed by atoms with Gasteiger partial charge >= 0.3 is 0 Å². The minimum absolute atomic E-state index is 0.122. The number of aromatic nitrogens is 2. The van der Waals surface area contributed by atoms with Crippen molar-refractivity contribution in [3.63, 3.8) is 0 Å². The van der Waals surface area contributed by atoms with E-state index >= 15 is 0 Å². The molecule has 2 fully saturated rings. The third-order valence-corrected chi connectivity index (χ3v) is 10.2. The molecule has 0 bridgehead atoms. The van der Waals surface area contributed by atoms with Crippen LogP contribution in [-0.2, 0) is 17.7 Å². The van der Waals surface area contributed by atoms with Crippen molar-refractivity contribution in [2.45, 2.75) is 104 Å². The summed E-state index contributed by atoms with van der Waals surface area (Å²) in [6, 6.07) is 3.44. The standard InChI is InChI=1S/C35H55N5O2/c1-8-35(5,6)22-29-32-27(15-20-41)30(36-9-2)13-14-31(32)40(10-3)34(29)28-21-26(23-37-33(28)24(4)42-7)39-18-16-38(17-19-39)25-11-12-25/h13-14,21,23-25,27,30,36,41H,8-12,15-20,22H2,1-7H3. The Morgan fingerprint density at radius 1 is 1.14 bits per heavy atom. The van der Waals surface area contributed by atoms with Gasteiger partial charge in [-0.05, 0) is 74.8 Å². The summed E-state index contributed by atoms with van der Waals surface area (Å²) < 4.78 is 8.45. The Morgan fingerprint density at radius 3 is 2.48 bits per heavy atom. The summed E-state index contributed by atoms with van der Waals surface area (Å²) in [6.07, 6.45) is 12.2. The van der Waals surface area contributed by atoms with E-state index in [0.29, 0.717) is 0 Å². The molecule has 7 heteroatoms. The van der Waals surface area contributed by atoms with E-state index in [1.807, 2.05) is 0 Å². The molecule has 1 aliphatic heterocycles. The van der Waals surface area contributed by atoms with Crippen LogP contribution in [0.2, 0.25) is 0 Å². The van der Waals surface area contributed by atoms with E-state index in [0.717, 1.165) is 70.3 Å². The van der Waals surface area contributed by atoms with Gasteiger partial charge in [0.15, 0.2) is 0 Å². The number of aliphatic hydroxyl groups is 1. The molecule has 2 aromatic rings. The summed E-state index contributed by atoms with van der Waals surface area (Å²) >= 11 is 0. The van der Waals surface area contributed by atoms with Gasteiger partial charge in [0.25, 0.3) is 0 Å². The van der Waals surface area contributed by atoms with Crippen molar-refractivity contribution in [3.8, 4) is 11.3 Å². The quantitative estimate of drug-likeness (QED) is 0.304. The van der Waals surface area contributed by atoms with Crippen molar-refractivity contribution in [3.05, 3.63) is 40.9 Å². The van der Waals surface area contributed by atoms with Gasteiger partial charge in [0.2, 0.25) is 0 Å². The smallest absolute Gasteiger partial charge is 0.0969 e. The fraction of sp³-hybridized carbons (Fsp3) is 0.686. The number of methoxy groups -OCH3 is 1. The minimum Gasteiger partial charge on any atom is -0.396 e. The van der Waals surface area contributed by atoms with Gasteiger partial charge in [0, 0.05) is 75.7 Å². The summed E-state index contributed by atoms with van der Waals surface area (Å²) in [5, 5.41) is 13.9. The van der Waals surface area contributed by atoms with Crippen LogP contribution < -0.4 is 10.2 Å². The lowest BCUT2D eigenvalue weighted by Crippen LogP contribution is -2.47. The number of fused-ring (bicyclic) bond motifs is 1. The molecule has 5 rings (SSSR count). The lowest BCUT2D eigenvalue weighted by molar-refractivity contribution is 0.116.